The fourth-order valence-electron chi connectivity index (χ4n) is 3.81. The van der Waals surface area contributed by atoms with E-state index in [1.165, 1.54) is 24.6 Å². The molecule has 2 aromatic carbocycles. The van der Waals surface area contributed by atoms with Crippen LogP contribution in [-0.2, 0) is 16.0 Å². The highest BCUT2D eigenvalue weighted by Gasteiger charge is 2.18. The van der Waals surface area contributed by atoms with Gasteiger partial charge >= 0.3 is 0 Å². The lowest BCUT2D eigenvalue weighted by atomic mass is 9.92. The van der Waals surface area contributed by atoms with E-state index < -0.39 is 23.4 Å². The second-order valence-electron chi connectivity index (χ2n) is 8.18. The van der Waals surface area contributed by atoms with Gasteiger partial charge in [-0.25, -0.2) is 13.2 Å². The molecule has 1 atom stereocenters. The number of hydrogen-bond donors (Lipinski definition) is 2. The van der Waals surface area contributed by atoms with E-state index in [0.717, 1.165) is 23.3 Å². The van der Waals surface area contributed by atoms with Gasteiger partial charge in [0.1, 0.15) is 0 Å². The van der Waals surface area contributed by atoms with Crippen molar-refractivity contribution in [3.05, 3.63) is 101 Å². The third-order valence-corrected chi connectivity index (χ3v) is 5.56. The number of nitrogens with two attached hydrogens (primary N) is 1. The van der Waals surface area contributed by atoms with Crippen LogP contribution in [0.25, 0.3) is 5.70 Å². The first-order valence-corrected chi connectivity index (χ1v) is 10.8. The lowest BCUT2D eigenvalue weighted by Crippen LogP contribution is -2.17. The second-order valence-corrected chi connectivity index (χ2v) is 8.18. The maximum absolute atomic E-state index is 13.7. The molecule has 4 rings (SSSR count). The molecule has 0 aliphatic carbocycles. The fraction of sp³-hybridized carbons (Fsp3) is 0.154. The molecule has 0 bridgehead atoms. The molecule has 6 nitrogen and oxygen atoms in total. The summed E-state index contributed by atoms with van der Waals surface area (Å²) in [4.78, 5) is 32.3. The Kier molecular flexibility index (Phi) is 7.05. The predicted molar refractivity (Wildman–Crippen MR) is 127 cm³/mol. The van der Waals surface area contributed by atoms with Crippen molar-refractivity contribution >= 4 is 29.3 Å². The molecule has 0 radical (unpaired) electrons. The molecule has 0 spiro atoms. The Labute approximate surface area is 199 Å². The van der Waals surface area contributed by atoms with Gasteiger partial charge in [0.25, 0.3) is 5.91 Å². The molecular weight excluding hydrogens is 457 g/mol. The third kappa shape index (κ3) is 5.81. The van der Waals surface area contributed by atoms with Crippen molar-refractivity contribution in [2.24, 2.45) is 21.6 Å². The molecule has 1 amide bonds. The van der Waals surface area contributed by atoms with E-state index in [1.807, 2.05) is 24.3 Å². The minimum Gasteiger partial charge on any atom is -0.366 e. The lowest BCUT2D eigenvalue weighted by Gasteiger charge is -2.17. The quantitative estimate of drug-likeness (QED) is 0.643. The predicted octanol–water partition coefficient (Wildman–Crippen LogP) is 3.62. The summed E-state index contributed by atoms with van der Waals surface area (Å²) in [5.41, 5.74) is 8.22. The molecule has 0 fully saturated rings. The van der Waals surface area contributed by atoms with Gasteiger partial charge in [0.05, 0.1) is 23.2 Å². The van der Waals surface area contributed by atoms with Gasteiger partial charge in [-0.15, -0.1) is 0 Å². The number of nitrogens with zero attached hydrogens (tertiary/aromatic N) is 2. The van der Waals surface area contributed by atoms with Gasteiger partial charge in [-0.05, 0) is 53.8 Å². The Morgan fingerprint density at radius 2 is 1.86 bits per heavy atom. The molecular formula is C26H21F3N4O2. The van der Waals surface area contributed by atoms with Crippen LogP contribution in [0.3, 0.4) is 0 Å². The van der Waals surface area contributed by atoms with E-state index in [-0.39, 0.29) is 41.5 Å². The molecule has 2 aromatic rings. The number of carbonyl (C=O) groups excluding carboxylic acids is 2. The van der Waals surface area contributed by atoms with Crippen LogP contribution < -0.4 is 11.1 Å². The van der Waals surface area contributed by atoms with Crippen molar-refractivity contribution in [2.75, 3.05) is 6.54 Å². The van der Waals surface area contributed by atoms with Crippen LogP contribution in [0.15, 0.2) is 76.5 Å². The first-order valence-electron chi connectivity index (χ1n) is 10.8. The van der Waals surface area contributed by atoms with E-state index in [4.69, 9.17) is 5.73 Å². The molecule has 2 heterocycles. The van der Waals surface area contributed by atoms with Gasteiger partial charge < -0.3 is 11.1 Å². The highest BCUT2D eigenvalue weighted by Crippen LogP contribution is 2.22. The van der Waals surface area contributed by atoms with Crippen molar-refractivity contribution in [1.82, 2.24) is 5.32 Å². The SMILES string of the molecule is NC(=O)C1=CNC(c2cccc(C[C@H]3CN=C(c4cc(F)c(F)c(F)c4)C=CC(=O)C3)c2)=CN=C1. The Morgan fingerprint density at radius 3 is 2.60 bits per heavy atom. The van der Waals surface area contributed by atoms with Crippen LogP contribution in [0.4, 0.5) is 13.2 Å². The summed E-state index contributed by atoms with van der Waals surface area (Å²) in [6, 6.07) is 9.32. The second kappa shape index (κ2) is 10.3. The third-order valence-electron chi connectivity index (χ3n) is 5.56. The van der Waals surface area contributed by atoms with Crippen LogP contribution in [0.1, 0.15) is 23.1 Å². The van der Waals surface area contributed by atoms with Gasteiger partial charge in [-0.1, -0.05) is 18.2 Å². The summed E-state index contributed by atoms with van der Waals surface area (Å²) in [6.07, 6.45) is 7.91. The molecule has 9 heteroatoms. The Hall–Kier alpha value is -4.27. The van der Waals surface area contributed by atoms with E-state index in [9.17, 15) is 22.8 Å². The monoisotopic (exact) mass is 478 g/mol. The van der Waals surface area contributed by atoms with Gasteiger partial charge in [0.15, 0.2) is 23.2 Å². The normalized spacial score (nSPS) is 18.0. The number of aliphatic imine (C=N–C) groups is 2. The van der Waals surface area contributed by atoms with Gasteiger partial charge in [0.2, 0.25) is 0 Å². The van der Waals surface area contributed by atoms with Crippen molar-refractivity contribution in [2.45, 2.75) is 12.8 Å². The van der Waals surface area contributed by atoms with Gasteiger partial charge in [0, 0.05) is 30.9 Å². The van der Waals surface area contributed by atoms with E-state index in [1.54, 1.807) is 6.20 Å². The number of benzene rings is 2. The number of carbonyl (C=O) groups is 2. The lowest BCUT2D eigenvalue weighted by molar-refractivity contribution is -0.115. The zero-order chi connectivity index (χ0) is 24.9. The number of halogens is 3. The molecule has 0 saturated carbocycles. The number of primary amides is 1. The standard InChI is InChI=1S/C26H21F3N4O2/c27-21-9-18(10-22(28)25(21)29)23-5-4-20(34)8-16(11-32-23)6-15-2-1-3-17(7-15)24-14-31-12-19(13-33-24)26(30)35/h1-5,7,9-10,12-14,16,33H,6,8,11H2,(H2,30,35)/t16-/m1/s1. The summed E-state index contributed by atoms with van der Waals surface area (Å²) in [7, 11) is 0. The average Bonchev–Trinajstić information content (AvgIpc) is 3.08. The summed E-state index contributed by atoms with van der Waals surface area (Å²) < 4.78 is 40.7. The highest BCUT2D eigenvalue weighted by atomic mass is 19.2. The van der Waals surface area contributed by atoms with Crippen molar-refractivity contribution < 1.29 is 22.8 Å². The first-order chi connectivity index (χ1) is 16.8. The molecule has 178 valence electrons. The molecule has 2 aliphatic heterocycles. The number of nitrogens with one attached hydrogen (secondary N) is 1. The number of hydrogen-bond acceptors (Lipinski definition) is 5. The van der Waals surface area contributed by atoms with Crippen LogP contribution in [0, 0.1) is 23.4 Å². The van der Waals surface area contributed by atoms with Crippen LogP contribution in [-0.4, -0.2) is 30.2 Å². The maximum Gasteiger partial charge on any atom is 0.251 e. The Balaban J connectivity index is 1.53. The van der Waals surface area contributed by atoms with Gasteiger partial charge in [-0.3, -0.25) is 19.6 Å². The van der Waals surface area contributed by atoms with Crippen LogP contribution in [0.5, 0.6) is 0 Å². The minimum absolute atomic E-state index is 0.0587. The highest BCUT2D eigenvalue weighted by molar-refractivity contribution is 6.12. The molecule has 0 aromatic heterocycles. The number of ketones is 1. The number of amides is 1. The summed E-state index contributed by atoms with van der Waals surface area (Å²) in [5.74, 6) is -5.10. The number of allylic oxidation sites excluding steroid dienone is 2. The Morgan fingerprint density at radius 1 is 1.09 bits per heavy atom. The van der Waals surface area contributed by atoms with E-state index in [2.05, 4.69) is 15.3 Å². The van der Waals surface area contributed by atoms with E-state index >= 15 is 0 Å². The van der Waals surface area contributed by atoms with Crippen LogP contribution in [0.2, 0.25) is 0 Å². The fourth-order valence-corrected chi connectivity index (χ4v) is 3.81. The number of rotatable bonds is 5. The maximum atomic E-state index is 13.7. The van der Waals surface area contributed by atoms with Crippen LogP contribution >= 0.6 is 0 Å². The minimum atomic E-state index is -1.55. The smallest absolute Gasteiger partial charge is 0.251 e. The first kappa shape index (κ1) is 23.9. The molecule has 35 heavy (non-hydrogen) atoms. The van der Waals surface area contributed by atoms with E-state index in [0.29, 0.717) is 12.1 Å². The summed E-state index contributed by atoms with van der Waals surface area (Å²) in [5, 5.41) is 3.02. The molecule has 2 aliphatic rings. The molecule has 3 N–H and O–H groups in total. The topological polar surface area (TPSA) is 96.9 Å². The largest absolute Gasteiger partial charge is 0.366 e. The zero-order valence-electron chi connectivity index (χ0n) is 18.5. The van der Waals surface area contributed by atoms with Crippen molar-refractivity contribution in [3.63, 3.8) is 0 Å². The zero-order valence-corrected chi connectivity index (χ0v) is 18.5. The molecule has 0 saturated heterocycles. The summed E-state index contributed by atoms with van der Waals surface area (Å²) in [6.45, 7) is 0.242. The van der Waals surface area contributed by atoms with Crippen molar-refractivity contribution in [3.8, 4) is 0 Å². The van der Waals surface area contributed by atoms with Crippen molar-refractivity contribution in [1.29, 1.82) is 0 Å². The van der Waals surface area contributed by atoms with Gasteiger partial charge in [-0.2, -0.15) is 0 Å². The average molecular weight is 478 g/mol. The summed E-state index contributed by atoms with van der Waals surface area (Å²) >= 11 is 0. The molecule has 0 unspecified atom stereocenters. The Bertz CT molecular complexity index is 1320.